The third-order valence-electron chi connectivity index (χ3n) is 4.20. The largest absolute Gasteiger partial charge is 0.493 e. The molecular formula is C19H19N5O4. The molecule has 0 aliphatic rings. The third-order valence-corrected chi connectivity index (χ3v) is 4.20. The van der Waals surface area contributed by atoms with Crippen LogP contribution in [0, 0.1) is 0 Å². The lowest BCUT2D eigenvalue weighted by molar-refractivity contribution is 0.354. The maximum atomic E-state index is 6.01. The summed E-state index contributed by atoms with van der Waals surface area (Å²) in [6, 6.07) is 7.54. The maximum Gasteiger partial charge on any atom is 0.254 e. The number of hydrogen-bond acceptors (Lipinski definition) is 9. The summed E-state index contributed by atoms with van der Waals surface area (Å²) in [5.74, 6) is 2.39. The molecule has 0 atom stereocenters. The van der Waals surface area contributed by atoms with Crippen LogP contribution in [0.25, 0.3) is 22.7 Å². The normalized spacial score (nSPS) is 10.9. The van der Waals surface area contributed by atoms with Crippen LogP contribution in [0.1, 0.15) is 5.56 Å². The van der Waals surface area contributed by atoms with Crippen molar-refractivity contribution in [2.24, 2.45) is 0 Å². The van der Waals surface area contributed by atoms with Gasteiger partial charge in [-0.3, -0.25) is 0 Å². The fourth-order valence-electron chi connectivity index (χ4n) is 2.79. The Labute approximate surface area is 160 Å². The van der Waals surface area contributed by atoms with Gasteiger partial charge in [-0.15, -0.1) is 0 Å². The summed E-state index contributed by atoms with van der Waals surface area (Å²) in [6.45, 7) is 0.600. The van der Waals surface area contributed by atoms with Crippen molar-refractivity contribution in [2.45, 2.75) is 6.42 Å². The molecule has 0 radical (unpaired) electrons. The molecule has 3 aromatic heterocycles. The lowest BCUT2D eigenvalue weighted by Crippen LogP contribution is -2.09. The van der Waals surface area contributed by atoms with E-state index in [0.717, 1.165) is 12.0 Å². The number of furan rings is 1. The Kier molecular flexibility index (Phi) is 4.71. The van der Waals surface area contributed by atoms with Crippen molar-refractivity contribution in [3.63, 3.8) is 0 Å². The lowest BCUT2D eigenvalue weighted by Gasteiger charge is -2.10. The Balaban J connectivity index is 1.48. The number of oxazole rings is 1. The zero-order valence-corrected chi connectivity index (χ0v) is 15.4. The van der Waals surface area contributed by atoms with Gasteiger partial charge in [0, 0.05) is 6.54 Å². The predicted octanol–water partition coefficient (Wildman–Crippen LogP) is 3.13. The zero-order chi connectivity index (χ0) is 19.5. The summed E-state index contributed by atoms with van der Waals surface area (Å²) in [5.41, 5.74) is 8.54. The number of methoxy groups -OCH3 is 2. The van der Waals surface area contributed by atoms with Gasteiger partial charge < -0.3 is 29.4 Å². The molecule has 28 heavy (non-hydrogen) atoms. The summed E-state index contributed by atoms with van der Waals surface area (Å²) >= 11 is 0. The van der Waals surface area contributed by atoms with E-state index in [1.54, 1.807) is 26.5 Å². The van der Waals surface area contributed by atoms with E-state index in [2.05, 4.69) is 20.3 Å². The van der Waals surface area contributed by atoms with Crippen LogP contribution in [0.5, 0.6) is 11.5 Å². The number of nitrogens with two attached hydrogens (primary N) is 1. The first-order valence-electron chi connectivity index (χ1n) is 8.59. The zero-order valence-electron chi connectivity index (χ0n) is 15.4. The number of rotatable bonds is 7. The van der Waals surface area contributed by atoms with Gasteiger partial charge in [-0.25, -0.2) is 4.98 Å². The molecule has 0 aliphatic carbocycles. The number of ether oxygens (including phenoxy) is 2. The van der Waals surface area contributed by atoms with Crippen molar-refractivity contribution in [1.82, 2.24) is 15.0 Å². The van der Waals surface area contributed by atoms with Gasteiger partial charge in [0.15, 0.2) is 22.8 Å². The molecule has 4 rings (SSSR count). The smallest absolute Gasteiger partial charge is 0.254 e. The van der Waals surface area contributed by atoms with E-state index in [1.807, 2.05) is 18.2 Å². The van der Waals surface area contributed by atoms with Crippen LogP contribution in [0.4, 0.5) is 11.8 Å². The molecule has 0 saturated heterocycles. The molecule has 0 bridgehead atoms. The Bertz CT molecular complexity index is 1090. The predicted molar refractivity (Wildman–Crippen MR) is 103 cm³/mol. The second kappa shape index (κ2) is 7.47. The summed E-state index contributed by atoms with van der Waals surface area (Å²) in [5, 5.41) is 3.16. The summed E-state index contributed by atoms with van der Waals surface area (Å²) in [7, 11) is 3.22. The van der Waals surface area contributed by atoms with Gasteiger partial charge in [-0.1, -0.05) is 6.07 Å². The second-order valence-electron chi connectivity index (χ2n) is 5.98. The first kappa shape index (κ1) is 17.7. The number of aromatic nitrogens is 3. The summed E-state index contributed by atoms with van der Waals surface area (Å²) in [4.78, 5) is 12.9. The number of hydrogen-bond donors (Lipinski definition) is 2. The van der Waals surface area contributed by atoms with E-state index in [0.29, 0.717) is 46.7 Å². The average Bonchev–Trinajstić information content (AvgIpc) is 3.37. The molecule has 4 aromatic rings. The quantitative estimate of drug-likeness (QED) is 0.497. The first-order chi connectivity index (χ1) is 13.7. The van der Waals surface area contributed by atoms with Crippen LogP contribution in [0.2, 0.25) is 0 Å². The van der Waals surface area contributed by atoms with Crippen molar-refractivity contribution < 1.29 is 18.3 Å². The number of nitrogens with zero attached hydrogens (tertiary/aromatic N) is 3. The molecule has 0 unspecified atom stereocenters. The van der Waals surface area contributed by atoms with Gasteiger partial charge >= 0.3 is 0 Å². The fourth-order valence-corrected chi connectivity index (χ4v) is 2.79. The van der Waals surface area contributed by atoms with Crippen LogP contribution < -0.4 is 20.5 Å². The van der Waals surface area contributed by atoms with Crippen LogP contribution >= 0.6 is 0 Å². The molecule has 9 heteroatoms. The molecule has 0 saturated carbocycles. The first-order valence-corrected chi connectivity index (χ1v) is 8.59. The minimum absolute atomic E-state index is 0.247. The highest BCUT2D eigenvalue weighted by Crippen LogP contribution is 2.28. The number of nitrogen functional groups attached to an aromatic ring is 1. The molecule has 0 amide bonds. The van der Waals surface area contributed by atoms with E-state index in [-0.39, 0.29) is 5.82 Å². The van der Waals surface area contributed by atoms with Crippen molar-refractivity contribution in [2.75, 3.05) is 31.8 Å². The maximum absolute atomic E-state index is 6.01. The number of nitrogens with one attached hydrogen (secondary N) is 1. The van der Waals surface area contributed by atoms with E-state index < -0.39 is 0 Å². The lowest BCUT2D eigenvalue weighted by atomic mass is 10.1. The fraction of sp³-hybridized carbons (Fsp3) is 0.211. The Morgan fingerprint density at radius 1 is 1.07 bits per heavy atom. The minimum atomic E-state index is 0.247. The molecule has 9 nitrogen and oxygen atoms in total. The molecule has 0 aliphatic heterocycles. The summed E-state index contributed by atoms with van der Waals surface area (Å²) in [6.07, 6.45) is 3.81. The van der Waals surface area contributed by atoms with Crippen LogP contribution in [0.3, 0.4) is 0 Å². The monoisotopic (exact) mass is 381 g/mol. The highest BCUT2D eigenvalue weighted by Gasteiger charge is 2.15. The van der Waals surface area contributed by atoms with Gasteiger partial charge in [-0.2, -0.15) is 9.97 Å². The molecule has 144 valence electrons. The highest BCUT2D eigenvalue weighted by atomic mass is 16.5. The van der Waals surface area contributed by atoms with Crippen LogP contribution in [-0.4, -0.2) is 35.7 Å². The van der Waals surface area contributed by atoms with E-state index in [4.69, 9.17) is 24.0 Å². The topological polar surface area (TPSA) is 121 Å². The number of benzene rings is 1. The van der Waals surface area contributed by atoms with Gasteiger partial charge in [0.2, 0.25) is 11.8 Å². The molecule has 3 N–H and O–H groups in total. The molecule has 0 spiro atoms. The minimum Gasteiger partial charge on any atom is -0.493 e. The molecule has 0 fully saturated rings. The van der Waals surface area contributed by atoms with Gasteiger partial charge in [0.1, 0.15) is 6.26 Å². The highest BCUT2D eigenvalue weighted by molar-refractivity contribution is 5.83. The second-order valence-corrected chi connectivity index (χ2v) is 5.98. The van der Waals surface area contributed by atoms with Crippen LogP contribution in [-0.2, 0) is 6.42 Å². The van der Waals surface area contributed by atoms with Gasteiger partial charge in [0.05, 0.1) is 26.0 Å². The van der Waals surface area contributed by atoms with Gasteiger partial charge in [0.25, 0.3) is 5.71 Å². The third kappa shape index (κ3) is 3.41. The van der Waals surface area contributed by atoms with Crippen molar-refractivity contribution >= 4 is 23.0 Å². The standard InChI is InChI=1S/C19H19N5O4/c1-25-13-4-3-11(9-14(13)26-2)5-7-21-19-23-16(20)15-18(24-19)28-17(22-15)12-6-8-27-10-12/h3-4,6,8-10H,5,7H2,1-2H3,(H3,20,21,23,24). The summed E-state index contributed by atoms with van der Waals surface area (Å²) < 4.78 is 21.3. The van der Waals surface area contributed by atoms with Crippen molar-refractivity contribution in [3.05, 3.63) is 42.4 Å². The van der Waals surface area contributed by atoms with Crippen molar-refractivity contribution in [3.8, 4) is 23.0 Å². The van der Waals surface area contributed by atoms with Crippen LogP contribution in [0.15, 0.2) is 45.6 Å². The van der Waals surface area contributed by atoms with E-state index >= 15 is 0 Å². The molecular weight excluding hydrogens is 362 g/mol. The van der Waals surface area contributed by atoms with E-state index in [1.165, 1.54) is 6.26 Å². The Morgan fingerprint density at radius 2 is 1.93 bits per heavy atom. The number of fused-ring (bicyclic) bond motifs is 1. The van der Waals surface area contributed by atoms with Crippen molar-refractivity contribution in [1.29, 1.82) is 0 Å². The number of anilines is 2. The molecule has 1 aromatic carbocycles. The average molecular weight is 381 g/mol. The van der Waals surface area contributed by atoms with Gasteiger partial charge in [-0.05, 0) is 30.2 Å². The SMILES string of the molecule is COc1ccc(CCNc2nc(N)c3nc(-c4ccoc4)oc3n2)cc1OC. The Morgan fingerprint density at radius 3 is 2.68 bits per heavy atom. The Hall–Kier alpha value is -3.75. The van der Waals surface area contributed by atoms with E-state index in [9.17, 15) is 0 Å². The molecule has 3 heterocycles.